The van der Waals surface area contributed by atoms with Crippen molar-refractivity contribution in [2.45, 2.75) is 38.1 Å². The van der Waals surface area contributed by atoms with Gasteiger partial charge in [-0.2, -0.15) is 4.90 Å². The Morgan fingerprint density at radius 1 is 0.804 bits per heavy atom. The van der Waals surface area contributed by atoms with E-state index in [4.69, 9.17) is 14.2 Å². The highest BCUT2D eigenvalue weighted by atomic mass is 16.6. The van der Waals surface area contributed by atoms with Crippen LogP contribution in [0.25, 0.3) is 10.9 Å². The number of nitrogens with zero attached hydrogens (tertiary/aromatic N) is 2. The number of ether oxygens (including phenoxy) is 3. The highest BCUT2D eigenvalue weighted by Gasteiger charge is 2.39. The zero-order chi connectivity index (χ0) is 32.3. The number of rotatable bonds is 12. The van der Waals surface area contributed by atoms with Crippen molar-refractivity contribution in [3.63, 3.8) is 0 Å². The monoisotopic (exact) mass is 623 g/mol. The van der Waals surface area contributed by atoms with Crippen LogP contribution in [0.5, 0.6) is 0 Å². The molecular weight excluding hydrogens is 590 g/mol. The van der Waals surface area contributed by atoms with Gasteiger partial charge in [-0.25, -0.2) is 19.4 Å². The van der Waals surface area contributed by atoms with Crippen molar-refractivity contribution < 1.29 is 33.4 Å². The number of aromatic amines is 2. The van der Waals surface area contributed by atoms with Crippen LogP contribution in [-0.4, -0.2) is 63.1 Å². The molecule has 0 spiro atoms. The van der Waals surface area contributed by atoms with Crippen molar-refractivity contribution in [2.75, 3.05) is 7.11 Å². The first-order valence-corrected chi connectivity index (χ1v) is 14.5. The standard InChI is InChI=1S/C34H33N5O7/c1-44-32(41)29(16-25-18-36-28-15-9-8-14-27(25)28)38-31(40)30(17-26-19-35-22-37-26)39(33(42)45-20-23-10-4-2-5-11-23)34(43)46-21-24-12-6-3-7-13-24/h2-15,18-19,22,29-30,36H,16-17,20-21H2,1H3,(H,35,37)(H,38,40)/t29-,30+/m1/s1. The number of fused-ring (bicyclic) bond motifs is 1. The normalized spacial score (nSPS) is 12.1. The van der Waals surface area contributed by atoms with Crippen LogP contribution in [0, 0.1) is 0 Å². The molecule has 0 unspecified atom stereocenters. The van der Waals surface area contributed by atoms with Crippen molar-refractivity contribution in [2.24, 2.45) is 0 Å². The summed E-state index contributed by atoms with van der Waals surface area (Å²) in [6.07, 6.45) is 2.32. The molecule has 0 radical (unpaired) electrons. The third kappa shape index (κ3) is 7.97. The van der Waals surface area contributed by atoms with Crippen LogP contribution in [0.15, 0.2) is 104 Å². The van der Waals surface area contributed by atoms with Crippen LogP contribution in [0.1, 0.15) is 22.4 Å². The van der Waals surface area contributed by atoms with Gasteiger partial charge in [-0.05, 0) is 22.8 Å². The minimum Gasteiger partial charge on any atom is -0.467 e. The zero-order valence-electron chi connectivity index (χ0n) is 25.1. The number of aromatic nitrogens is 3. The zero-order valence-corrected chi connectivity index (χ0v) is 25.1. The lowest BCUT2D eigenvalue weighted by atomic mass is 10.0. The van der Waals surface area contributed by atoms with Gasteiger partial charge in [0.05, 0.1) is 13.4 Å². The van der Waals surface area contributed by atoms with E-state index in [9.17, 15) is 19.2 Å². The number of esters is 1. The number of benzene rings is 3. The number of imide groups is 1. The summed E-state index contributed by atoms with van der Waals surface area (Å²) >= 11 is 0. The van der Waals surface area contributed by atoms with Gasteiger partial charge in [0.15, 0.2) is 0 Å². The number of methoxy groups -OCH3 is 1. The summed E-state index contributed by atoms with van der Waals surface area (Å²) < 4.78 is 16.0. The van der Waals surface area contributed by atoms with E-state index in [2.05, 4.69) is 20.3 Å². The molecule has 236 valence electrons. The first kappa shape index (κ1) is 31.5. The predicted molar refractivity (Wildman–Crippen MR) is 167 cm³/mol. The predicted octanol–water partition coefficient (Wildman–Crippen LogP) is 4.68. The van der Waals surface area contributed by atoms with Crippen LogP contribution in [0.4, 0.5) is 9.59 Å². The molecule has 0 bridgehead atoms. The average molecular weight is 624 g/mol. The molecule has 2 aromatic heterocycles. The van der Waals surface area contributed by atoms with Crippen molar-refractivity contribution in [3.8, 4) is 0 Å². The fourth-order valence-electron chi connectivity index (χ4n) is 4.94. The van der Waals surface area contributed by atoms with Gasteiger partial charge in [0.2, 0.25) is 5.91 Å². The van der Waals surface area contributed by atoms with Gasteiger partial charge < -0.3 is 29.5 Å². The van der Waals surface area contributed by atoms with Crippen LogP contribution in [-0.2, 0) is 49.9 Å². The van der Waals surface area contributed by atoms with E-state index in [1.54, 1.807) is 54.7 Å². The Balaban J connectivity index is 1.43. The van der Waals surface area contributed by atoms with E-state index in [1.807, 2.05) is 36.4 Å². The molecule has 0 saturated carbocycles. The lowest BCUT2D eigenvalue weighted by Crippen LogP contribution is -2.56. The second-order valence-corrected chi connectivity index (χ2v) is 10.4. The maximum atomic E-state index is 14.1. The number of hydrogen-bond donors (Lipinski definition) is 3. The Morgan fingerprint density at radius 2 is 1.41 bits per heavy atom. The highest BCUT2D eigenvalue weighted by molar-refractivity contribution is 5.97. The summed E-state index contributed by atoms with van der Waals surface area (Å²) in [7, 11) is 1.22. The summed E-state index contributed by atoms with van der Waals surface area (Å²) in [5.41, 5.74) is 3.42. The van der Waals surface area contributed by atoms with E-state index in [0.29, 0.717) is 21.7 Å². The molecule has 2 heterocycles. The third-order valence-corrected chi connectivity index (χ3v) is 7.29. The van der Waals surface area contributed by atoms with Crippen LogP contribution in [0.2, 0.25) is 0 Å². The minimum absolute atomic E-state index is 0.0795. The number of hydrogen-bond acceptors (Lipinski definition) is 8. The first-order valence-electron chi connectivity index (χ1n) is 14.5. The maximum Gasteiger partial charge on any atom is 0.420 e. The van der Waals surface area contributed by atoms with Gasteiger partial charge in [-0.15, -0.1) is 0 Å². The summed E-state index contributed by atoms with van der Waals surface area (Å²) in [6, 6.07) is 22.7. The smallest absolute Gasteiger partial charge is 0.420 e. The van der Waals surface area contributed by atoms with E-state index in [-0.39, 0.29) is 26.1 Å². The largest absolute Gasteiger partial charge is 0.467 e. The van der Waals surface area contributed by atoms with Gasteiger partial charge in [0.1, 0.15) is 25.3 Å². The van der Waals surface area contributed by atoms with Crippen LogP contribution < -0.4 is 5.32 Å². The summed E-state index contributed by atoms with van der Waals surface area (Å²) in [6.45, 7) is -0.322. The molecule has 12 heteroatoms. The third-order valence-electron chi connectivity index (χ3n) is 7.29. The quantitative estimate of drug-likeness (QED) is 0.134. The molecule has 3 N–H and O–H groups in total. The molecule has 12 nitrogen and oxygen atoms in total. The van der Waals surface area contributed by atoms with Gasteiger partial charge >= 0.3 is 18.2 Å². The van der Waals surface area contributed by atoms with E-state index in [1.165, 1.54) is 19.6 Å². The SMILES string of the molecule is COC(=O)[C@@H](Cc1c[nH]c2ccccc12)NC(=O)[C@H](Cc1cnc[nH]1)N(C(=O)OCc1ccccc1)C(=O)OCc1ccccc1. The van der Waals surface area contributed by atoms with Crippen molar-refractivity contribution in [1.29, 1.82) is 0 Å². The topological polar surface area (TPSA) is 156 Å². The van der Waals surface area contributed by atoms with Gasteiger partial charge in [-0.1, -0.05) is 78.9 Å². The number of amides is 3. The minimum atomic E-state index is -1.50. The number of imidazole rings is 1. The van der Waals surface area contributed by atoms with Gasteiger partial charge in [-0.3, -0.25) is 4.79 Å². The van der Waals surface area contributed by atoms with Gasteiger partial charge in [0.25, 0.3) is 0 Å². The number of para-hydroxylation sites is 1. The summed E-state index contributed by atoms with van der Waals surface area (Å²) in [5.74, 6) is -1.51. The molecule has 0 aliphatic heterocycles. The molecule has 46 heavy (non-hydrogen) atoms. The highest BCUT2D eigenvalue weighted by Crippen LogP contribution is 2.20. The fraction of sp³-hybridized carbons (Fsp3) is 0.206. The molecule has 5 rings (SSSR count). The summed E-state index contributed by atoms with van der Waals surface area (Å²) in [4.78, 5) is 64.9. The molecule has 5 aromatic rings. The maximum absolute atomic E-state index is 14.1. The van der Waals surface area contributed by atoms with Crippen molar-refractivity contribution >= 4 is 35.0 Å². The molecule has 0 aliphatic rings. The molecular formula is C34H33N5O7. The second kappa shape index (κ2) is 15.2. The Hall–Kier alpha value is -5.91. The Labute approximate surface area is 264 Å². The Bertz CT molecular complexity index is 1700. The molecule has 0 saturated heterocycles. The first-order chi connectivity index (χ1) is 22.4. The lowest BCUT2D eigenvalue weighted by molar-refractivity contribution is -0.145. The fourth-order valence-corrected chi connectivity index (χ4v) is 4.94. The molecule has 0 aliphatic carbocycles. The number of carbonyl (C=O) groups excluding carboxylic acids is 4. The van der Waals surface area contributed by atoms with Crippen LogP contribution >= 0.6 is 0 Å². The molecule has 3 amide bonds. The Morgan fingerprint density at radius 3 is 2.00 bits per heavy atom. The summed E-state index contributed by atoms with van der Waals surface area (Å²) in [5, 5.41) is 3.57. The number of H-pyrrole nitrogens is 2. The van der Waals surface area contributed by atoms with E-state index in [0.717, 1.165) is 16.5 Å². The molecule has 3 aromatic carbocycles. The lowest BCUT2D eigenvalue weighted by Gasteiger charge is -2.29. The number of carbonyl (C=O) groups is 4. The van der Waals surface area contributed by atoms with Crippen molar-refractivity contribution in [1.82, 2.24) is 25.2 Å². The Kier molecular flexibility index (Phi) is 10.4. The van der Waals surface area contributed by atoms with Crippen molar-refractivity contribution in [3.05, 3.63) is 126 Å². The number of nitrogens with one attached hydrogen (secondary N) is 3. The van der Waals surface area contributed by atoms with E-state index >= 15 is 0 Å². The van der Waals surface area contributed by atoms with Crippen LogP contribution in [0.3, 0.4) is 0 Å². The average Bonchev–Trinajstić information content (AvgIpc) is 3.76. The molecule has 2 atom stereocenters. The second-order valence-electron chi connectivity index (χ2n) is 10.4. The van der Waals surface area contributed by atoms with Gasteiger partial charge in [0, 0.05) is 41.8 Å². The molecule has 0 fully saturated rings. The van der Waals surface area contributed by atoms with E-state index < -0.39 is 36.1 Å².